The molecular formula is C11H14F2N2O3. The van der Waals surface area contributed by atoms with E-state index in [4.69, 9.17) is 5.11 Å². The van der Waals surface area contributed by atoms with Gasteiger partial charge in [0.1, 0.15) is 5.56 Å². The SMILES string of the molecule is CC(C)Cc1ncn(CC(F)F)c(=O)c1C(=O)O. The maximum Gasteiger partial charge on any atom is 0.343 e. The molecule has 0 aliphatic carbocycles. The molecular weight excluding hydrogens is 246 g/mol. The number of hydrogen-bond donors (Lipinski definition) is 1. The van der Waals surface area contributed by atoms with Crippen LogP contribution in [0.4, 0.5) is 8.78 Å². The van der Waals surface area contributed by atoms with Crippen LogP contribution in [0, 0.1) is 5.92 Å². The van der Waals surface area contributed by atoms with Gasteiger partial charge in [-0.15, -0.1) is 0 Å². The number of nitrogens with zero attached hydrogens (tertiary/aromatic N) is 2. The predicted octanol–water partition coefficient (Wildman–Crippen LogP) is 1.41. The lowest BCUT2D eigenvalue weighted by Crippen LogP contribution is -2.31. The first-order valence-electron chi connectivity index (χ1n) is 5.42. The summed E-state index contributed by atoms with van der Waals surface area (Å²) in [5, 5.41) is 8.98. The Morgan fingerprint density at radius 1 is 1.50 bits per heavy atom. The molecule has 0 atom stereocenters. The molecule has 1 rings (SSSR count). The van der Waals surface area contributed by atoms with Crippen LogP contribution >= 0.6 is 0 Å². The smallest absolute Gasteiger partial charge is 0.343 e. The molecule has 1 aromatic heterocycles. The highest BCUT2D eigenvalue weighted by atomic mass is 19.3. The molecule has 0 fully saturated rings. The van der Waals surface area contributed by atoms with Crippen molar-refractivity contribution in [3.8, 4) is 0 Å². The highest BCUT2D eigenvalue weighted by molar-refractivity contribution is 5.88. The largest absolute Gasteiger partial charge is 0.477 e. The van der Waals surface area contributed by atoms with Gasteiger partial charge in [-0.05, 0) is 12.3 Å². The third-order valence-corrected chi connectivity index (χ3v) is 2.27. The number of rotatable bonds is 5. The van der Waals surface area contributed by atoms with Crippen LogP contribution in [0.15, 0.2) is 11.1 Å². The van der Waals surface area contributed by atoms with Crippen LogP contribution in [-0.2, 0) is 13.0 Å². The van der Waals surface area contributed by atoms with Crippen molar-refractivity contribution in [3.63, 3.8) is 0 Å². The van der Waals surface area contributed by atoms with Gasteiger partial charge in [-0.1, -0.05) is 13.8 Å². The molecule has 0 spiro atoms. The Kier molecular flexibility index (Phi) is 4.52. The minimum atomic E-state index is -2.73. The van der Waals surface area contributed by atoms with Crippen LogP contribution in [0.2, 0.25) is 0 Å². The molecule has 5 nitrogen and oxygen atoms in total. The van der Waals surface area contributed by atoms with Crippen LogP contribution in [0.3, 0.4) is 0 Å². The Morgan fingerprint density at radius 2 is 2.11 bits per heavy atom. The van der Waals surface area contributed by atoms with E-state index >= 15 is 0 Å². The molecule has 0 unspecified atom stereocenters. The summed E-state index contributed by atoms with van der Waals surface area (Å²) in [4.78, 5) is 26.6. The highest BCUT2D eigenvalue weighted by Gasteiger charge is 2.20. The number of aromatic carboxylic acids is 1. The maximum absolute atomic E-state index is 12.2. The summed E-state index contributed by atoms with van der Waals surface area (Å²) in [5.74, 6) is -1.33. The Hall–Kier alpha value is -1.79. The Balaban J connectivity index is 3.29. The molecule has 1 heterocycles. The second-order valence-electron chi connectivity index (χ2n) is 4.32. The summed E-state index contributed by atoms with van der Waals surface area (Å²) in [6.45, 7) is 2.84. The van der Waals surface area contributed by atoms with Gasteiger partial charge in [-0.2, -0.15) is 0 Å². The fourth-order valence-electron chi connectivity index (χ4n) is 1.56. The second kappa shape index (κ2) is 5.70. The standard InChI is InChI=1S/C11H14F2N2O3/c1-6(2)3-7-9(11(17)18)10(16)15(5-14-7)4-8(12)13/h5-6,8H,3-4H2,1-2H3,(H,17,18). The number of aromatic nitrogens is 2. The van der Waals surface area contributed by atoms with E-state index < -0.39 is 30.1 Å². The highest BCUT2D eigenvalue weighted by Crippen LogP contribution is 2.08. The first kappa shape index (κ1) is 14.3. The number of carboxylic acids is 1. The first-order valence-corrected chi connectivity index (χ1v) is 5.42. The molecule has 0 saturated heterocycles. The van der Waals surface area contributed by atoms with Gasteiger partial charge >= 0.3 is 5.97 Å². The fourth-order valence-corrected chi connectivity index (χ4v) is 1.56. The lowest BCUT2D eigenvalue weighted by Gasteiger charge is -2.10. The van der Waals surface area contributed by atoms with Gasteiger partial charge in [0.2, 0.25) is 0 Å². The van der Waals surface area contributed by atoms with Crippen molar-refractivity contribution in [2.24, 2.45) is 5.92 Å². The van der Waals surface area contributed by atoms with Crippen molar-refractivity contribution in [2.75, 3.05) is 0 Å². The molecule has 0 amide bonds. The summed E-state index contributed by atoms with van der Waals surface area (Å²) in [6.07, 6.45) is -1.45. The van der Waals surface area contributed by atoms with Crippen molar-refractivity contribution in [2.45, 2.75) is 33.2 Å². The van der Waals surface area contributed by atoms with Crippen molar-refractivity contribution < 1.29 is 18.7 Å². The van der Waals surface area contributed by atoms with Gasteiger partial charge in [-0.25, -0.2) is 18.6 Å². The first-order chi connectivity index (χ1) is 8.32. The van der Waals surface area contributed by atoms with Crippen LogP contribution in [-0.4, -0.2) is 27.1 Å². The molecule has 1 N–H and O–H groups in total. The number of halogens is 2. The zero-order valence-corrected chi connectivity index (χ0v) is 10.1. The van der Waals surface area contributed by atoms with E-state index in [0.717, 1.165) is 6.33 Å². The van der Waals surface area contributed by atoms with Gasteiger partial charge in [0.25, 0.3) is 12.0 Å². The summed E-state index contributed by atoms with van der Waals surface area (Å²) in [7, 11) is 0. The average Bonchev–Trinajstić information content (AvgIpc) is 2.20. The van der Waals surface area contributed by atoms with Crippen LogP contribution in [0.1, 0.15) is 29.9 Å². The normalized spacial score (nSPS) is 11.2. The van der Waals surface area contributed by atoms with Crippen LogP contribution in [0.5, 0.6) is 0 Å². The maximum atomic E-state index is 12.2. The number of hydrogen-bond acceptors (Lipinski definition) is 3. The van der Waals surface area contributed by atoms with E-state index in [-0.39, 0.29) is 11.6 Å². The van der Waals surface area contributed by atoms with E-state index in [0.29, 0.717) is 11.0 Å². The molecule has 1 aromatic rings. The molecule has 0 aromatic carbocycles. The lowest BCUT2D eigenvalue weighted by atomic mass is 10.0. The van der Waals surface area contributed by atoms with E-state index in [9.17, 15) is 18.4 Å². The Morgan fingerprint density at radius 3 is 2.56 bits per heavy atom. The Bertz CT molecular complexity index is 498. The third-order valence-electron chi connectivity index (χ3n) is 2.27. The van der Waals surface area contributed by atoms with E-state index in [2.05, 4.69) is 4.98 Å². The van der Waals surface area contributed by atoms with E-state index in [1.54, 1.807) is 0 Å². The fraction of sp³-hybridized carbons (Fsp3) is 0.545. The van der Waals surface area contributed by atoms with Gasteiger partial charge in [0, 0.05) is 0 Å². The average molecular weight is 260 g/mol. The molecule has 7 heteroatoms. The number of alkyl halides is 2. The predicted molar refractivity (Wildman–Crippen MR) is 60.0 cm³/mol. The van der Waals surface area contributed by atoms with E-state index in [1.165, 1.54) is 0 Å². The summed E-state index contributed by atoms with van der Waals surface area (Å²) in [6, 6.07) is 0. The summed E-state index contributed by atoms with van der Waals surface area (Å²) >= 11 is 0. The topological polar surface area (TPSA) is 72.2 Å². The van der Waals surface area contributed by atoms with Crippen molar-refractivity contribution in [1.82, 2.24) is 9.55 Å². The molecule has 0 bridgehead atoms. The second-order valence-corrected chi connectivity index (χ2v) is 4.32. The van der Waals surface area contributed by atoms with E-state index in [1.807, 2.05) is 13.8 Å². The number of carbonyl (C=O) groups is 1. The van der Waals surface area contributed by atoms with Gasteiger partial charge < -0.3 is 5.11 Å². The molecule has 0 radical (unpaired) electrons. The summed E-state index contributed by atoms with van der Waals surface area (Å²) < 4.78 is 25.0. The van der Waals surface area contributed by atoms with Crippen molar-refractivity contribution in [1.29, 1.82) is 0 Å². The zero-order valence-electron chi connectivity index (χ0n) is 10.1. The third kappa shape index (κ3) is 3.35. The lowest BCUT2D eigenvalue weighted by molar-refractivity contribution is 0.0689. The molecule has 100 valence electrons. The molecule has 18 heavy (non-hydrogen) atoms. The van der Waals surface area contributed by atoms with Crippen molar-refractivity contribution in [3.05, 3.63) is 27.9 Å². The van der Waals surface area contributed by atoms with Crippen LogP contribution < -0.4 is 5.56 Å². The minimum Gasteiger partial charge on any atom is -0.477 e. The van der Waals surface area contributed by atoms with Crippen molar-refractivity contribution >= 4 is 5.97 Å². The molecule has 0 aliphatic heterocycles. The minimum absolute atomic E-state index is 0.112. The summed E-state index contributed by atoms with van der Waals surface area (Å²) in [5.41, 5.74) is -1.33. The molecule has 0 aliphatic rings. The number of carboxylic acid groups (broad SMARTS) is 1. The van der Waals surface area contributed by atoms with Crippen LogP contribution in [0.25, 0.3) is 0 Å². The Labute approximate surface area is 102 Å². The quantitative estimate of drug-likeness (QED) is 0.868. The van der Waals surface area contributed by atoms with Gasteiger partial charge in [-0.3, -0.25) is 9.36 Å². The van der Waals surface area contributed by atoms with Gasteiger partial charge in [0.15, 0.2) is 0 Å². The van der Waals surface area contributed by atoms with Gasteiger partial charge in [0.05, 0.1) is 18.6 Å². The monoisotopic (exact) mass is 260 g/mol. The molecule has 0 saturated carbocycles. The zero-order chi connectivity index (χ0) is 13.9.